The summed E-state index contributed by atoms with van der Waals surface area (Å²) in [7, 11) is 3.52. The third kappa shape index (κ3) is 2.21. The standard InChI is InChI=1S/C11H18N6O/c1-4-5-17-11(9(18-3)7-14-17)10(12-2)8-6-13-16-15-8/h6-7,10,12H,4-5H2,1-3H3,(H,13,15,16). The largest absolute Gasteiger partial charge is 0.493 e. The second-order valence-electron chi connectivity index (χ2n) is 3.94. The molecule has 7 nitrogen and oxygen atoms in total. The van der Waals surface area contributed by atoms with Gasteiger partial charge in [-0.05, 0) is 13.5 Å². The second-order valence-corrected chi connectivity index (χ2v) is 3.94. The first kappa shape index (κ1) is 12.6. The molecule has 0 amide bonds. The fourth-order valence-corrected chi connectivity index (χ4v) is 1.99. The van der Waals surface area contributed by atoms with Crippen molar-refractivity contribution >= 4 is 0 Å². The summed E-state index contributed by atoms with van der Waals surface area (Å²) >= 11 is 0. The summed E-state index contributed by atoms with van der Waals surface area (Å²) < 4.78 is 7.31. The molecule has 1 atom stereocenters. The van der Waals surface area contributed by atoms with Crippen molar-refractivity contribution in [3.8, 4) is 5.75 Å². The van der Waals surface area contributed by atoms with E-state index in [-0.39, 0.29) is 6.04 Å². The van der Waals surface area contributed by atoms with Gasteiger partial charge in [0.15, 0.2) is 5.75 Å². The number of methoxy groups -OCH3 is 1. The predicted molar refractivity (Wildman–Crippen MR) is 66.4 cm³/mol. The number of ether oxygens (including phenoxy) is 1. The average molecular weight is 250 g/mol. The van der Waals surface area contributed by atoms with Crippen molar-refractivity contribution in [2.24, 2.45) is 0 Å². The van der Waals surface area contributed by atoms with Gasteiger partial charge in [0.1, 0.15) is 11.4 Å². The molecule has 2 aromatic rings. The van der Waals surface area contributed by atoms with E-state index in [0.717, 1.165) is 30.1 Å². The highest BCUT2D eigenvalue weighted by atomic mass is 16.5. The number of nitrogens with one attached hydrogen (secondary N) is 2. The normalized spacial score (nSPS) is 12.6. The zero-order valence-electron chi connectivity index (χ0n) is 10.8. The zero-order chi connectivity index (χ0) is 13.0. The molecule has 0 saturated heterocycles. The Hall–Kier alpha value is -1.89. The number of aromatic nitrogens is 5. The molecular formula is C11H18N6O. The van der Waals surface area contributed by atoms with E-state index < -0.39 is 0 Å². The molecule has 1 unspecified atom stereocenters. The fraction of sp³-hybridized carbons (Fsp3) is 0.545. The van der Waals surface area contributed by atoms with E-state index in [9.17, 15) is 0 Å². The number of rotatable bonds is 6. The van der Waals surface area contributed by atoms with Gasteiger partial charge in [-0.15, -0.1) is 0 Å². The van der Waals surface area contributed by atoms with E-state index in [0.29, 0.717) is 0 Å². The SMILES string of the molecule is CCCn1ncc(OC)c1C(NC)c1cn[nH]n1. The molecule has 0 spiro atoms. The number of aryl methyl sites for hydroxylation is 1. The first-order chi connectivity index (χ1) is 8.81. The molecule has 0 saturated carbocycles. The van der Waals surface area contributed by atoms with Gasteiger partial charge < -0.3 is 10.1 Å². The van der Waals surface area contributed by atoms with E-state index in [1.54, 1.807) is 19.5 Å². The number of hydrogen-bond donors (Lipinski definition) is 2. The van der Waals surface area contributed by atoms with Gasteiger partial charge in [0.05, 0.1) is 25.5 Å². The van der Waals surface area contributed by atoms with Crippen molar-refractivity contribution in [2.75, 3.05) is 14.2 Å². The predicted octanol–water partition coefficient (Wildman–Crippen LogP) is 0.729. The minimum atomic E-state index is -0.0900. The smallest absolute Gasteiger partial charge is 0.161 e. The summed E-state index contributed by atoms with van der Waals surface area (Å²) in [4.78, 5) is 0. The molecule has 0 bridgehead atoms. The topological polar surface area (TPSA) is 80.6 Å². The molecular weight excluding hydrogens is 232 g/mol. The molecule has 2 aromatic heterocycles. The van der Waals surface area contributed by atoms with Gasteiger partial charge in [0.2, 0.25) is 0 Å². The lowest BCUT2D eigenvalue weighted by Gasteiger charge is -2.16. The van der Waals surface area contributed by atoms with Crippen LogP contribution in [0.4, 0.5) is 0 Å². The highest BCUT2D eigenvalue weighted by Crippen LogP contribution is 2.28. The third-order valence-corrected chi connectivity index (χ3v) is 2.79. The first-order valence-corrected chi connectivity index (χ1v) is 5.94. The molecule has 2 rings (SSSR count). The lowest BCUT2D eigenvalue weighted by Crippen LogP contribution is -2.22. The van der Waals surface area contributed by atoms with Gasteiger partial charge in [0.25, 0.3) is 0 Å². The fourth-order valence-electron chi connectivity index (χ4n) is 1.99. The molecule has 0 aliphatic carbocycles. The molecule has 0 aromatic carbocycles. The monoisotopic (exact) mass is 250 g/mol. The number of H-pyrrole nitrogens is 1. The van der Waals surface area contributed by atoms with Crippen LogP contribution >= 0.6 is 0 Å². The molecule has 18 heavy (non-hydrogen) atoms. The van der Waals surface area contributed by atoms with Crippen LogP contribution < -0.4 is 10.1 Å². The highest BCUT2D eigenvalue weighted by molar-refractivity contribution is 5.33. The summed E-state index contributed by atoms with van der Waals surface area (Å²) in [6, 6.07) is -0.0900. The van der Waals surface area contributed by atoms with Crippen molar-refractivity contribution < 1.29 is 4.74 Å². The van der Waals surface area contributed by atoms with Crippen LogP contribution in [0.3, 0.4) is 0 Å². The van der Waals surface area contributed by atoms with E-state index in [2.05, 4.69) is 32.7 Å². The maximum absolute atomic E-state index is 5.37. The number of hydrogen-bond acceptors (Lipinski definition) is 5. The van der Waals surface area contributed by atoms with Crippen molar-refractivity contribution in [3.63, 3.8) is 0 Å². The average Bonchev–Trinajstić information content (AvgIpc) is 3.02. The number of aromatic amines is 1. The summed E-state index contributed by atoms with van der Waals surface area (Å²) in [6.45, 7) is 2.96. The maximum atomic E-state index is 5.37. The van der Waals surface area contributed by atoms with Crippen molar-refractivity contribution in [3.05, 3.63) is 23.8 Å². The van der Waals surface area contributed by atoms with Crippen molar-refractivity contribution in [1.29, 1.82) is 0 Å². The summed E-state index contributed by atoms with van der Waals surface area (Å²) in [5.41, 5.74) is 1.78. The first-order valence-electron chi connectivity index (χ1n) is 5.94. The number of nitrogens with zero attached hydrogens (tertiary/aromatic N) is 4. The summed E-state index contributed by atoms with van der Waals surface area (Å²) in [5.74, 6) is 0.755. The van der Waals surface area contributed by atoms with Gasteiger partial charge in [-0.2, -0.15) is 20.5 Å². The molecule has 0 radical (unpaired) electrons. The van der Waals surface area contributed by atoms with Crippen LogP contribution in [-0.4, -0.2) is 39.3 Å². The Morgan fingerprint density at radius 3 is 2.89 bits per heavy atom. The lowest BCUT2D eigenvalue weighted by atomic mass is 10.1. The minimum Gasteiger partial charge on any atom is -0.493 e. The molecule has 2 heterocycles. The minimum absolute atomic E-state index is 0.0900. The molecule has 2 N–H and O–H groups in total. The van der Waals surface area contributed by atoms with Crippen molar-refractivity contribution in [1.82, 2.24) is 30.5 Å². The Labute approximate surface area is 106 Å². The zero-order valence-corrected chi connectivity index (χ0v) is 10.8. The summed E-state index contributed by atoms with van der Waals surface area (Å²) in [5, 5.41) is 18.2. The van der Waals surface area contributed by atoms with Gasteiger partial charge in [-0.1, -0.05) is 6.92 Å². The van der Waals surface area contributed by atoms with Gasteiger partial charge in [0, 0.05) is 6.54 Å². The van der Waals surface area contributed by atoms with E-state index in [1.807, 2.05) is 11.7 Å². The van der Waals surface area contributed by atoms with Crippen LogP contribution in [0.25, 0.3) is 0 Å². The maximum Gasteiger partial charge on any atom is 0.161 e. The van der Waals surface area contributed by atoms with Gasteiger partial charge in [-0.3, -0.25) is 4.68 Å². The van der Waals surface area contributed by atoms with Crippen LogP contribution in [0.5, 0.6) is 5.75 Å². The van der Waals surface area contributed by atoms with Crippen LogP contribution in [0.2, 0.25) is 0 Å². The van der Waals surface area contributed by atoms with Gasteiger partial charge >= 0.3 is 0 Å². The van der Waals surface area contributed by atoms with Crippen LogP contribution in [0, 0.1) is 0 Å². The summed E-state index contributed by atoms with van der Waals surface area (Å²) in [6.07, 6.45) is 4.44. The molecule has 0 aliphatic rings. The molecule has 0 fully saturated rings. The Balaban J connectivity index is 2.42. The van der Waals surface area contributed by atoms with E-state index >= 15 is 0 Å². The lowest BCUT2D eigenvalue weighted by molar-refractivity contribution is 0.399. The molecule has 7 heteroatoms. The molecule has 98 valence electrons. The van der Waals surface area contributed by atoms with Crippen LogP contribution in [0.1, 0.15) is 30.8 Å². The quantitative estimate of drug-likeness (QED) is 0.790. The Kier molecular flexibility index (Phi) is 3.93. The Morgan fingerprint density at radius 2 is 2.33 bits per heavy atom. The Morgan fingerprint density at radius 1 is 1.50 bits per heavy atom. The van der Waals surface area contributed by atoms with Crippen LogP contribution in [0.15, 0.2) is 12.4 Å². The van der Waals surface area contributed by atoms with Crippen LogP contribution in [-0.2, 0) is 6.54 Å². The van der Waals surface area contributed by atoms with E-state index in [4.69, 9.17) is 4.74 Å². The van der Waals surface area contributed by atoms with Gasteiger partial charge in [-0.25, -0.2) is 0 Å². The second kappa shape index (κ2) is 5.63. The third-order valence-electron chi connectivity index (χ3n) is 2.79. The Bertz CT molecular complexity index is 478. The highest BCUT2D eigenvalue weighted by Gasteiger charge is 2.23. The van der Waals surface area contributed by atoms with E-state index in [1.165, 1.54) is 0 Å². The van der Waals surface area contributed by atoms with Crippen molar-refractivity contribution in [2.45, 2.75) is 25.9 Å². The molecule has 0 aliphatic heterocycles.